The highest BCUT2D eigenvalue weighted by atomic mass is 35.5. The summed E-state index contributed by atoms with van der Waals surface area (Å²) in [4.78, 5) is 11.9. The number of anilines is 1. The summed E-state index contributed by atoms with van der Waals surface area (Å²) in [5.41, 5.74) is 0.400. The first-order valence-electron chi connectivity index (χ1n) is 8.25. The molecule has 1 N–H and O–H groups in total. The highest BCUT2D eigenvalue weighted by Gasteiger charge is 2.26. The first kappa shape index (κ1) is 21.1. The summed E-state index contributed by atoms with van der Waals surface area (Å²) in [5.74, 6) is -0.903. The molecule has 0 spiro atoms. The number of carbonyl (C=O) groups excluding carboxylic acids is 1. The predicted octanol–water partition coefficient (Wildman–Crippen LogP) is 3.53. The van der Waals surface area contributed by atoms with Crippen LogP contribution in [0.5, 0.6) is 5.75 Å². The Morgan fingerprint density at radius 1 is 1.15 bits per heavy atom. The Kier molecular flexibility index (Phi) is 7.18. The fraction of sp³-hybridized carbons (Fsp3) is 0.278. The Bertz CT molecular complexity index is 900. The molecule has 2 aromatic rings. The van der Waals surface area contributed by atoms with Gasteiger partial charge in [-0.1, -0.05) is 25.4 Å². The molecule has 6 nitrogen and oxygen atoms in total. The topological polar surface area (TPSA) is 75.7 Å². The van der Waals surface area contributed by atoms with Crippen LogP contribution in [-0.2, 0) is 14.8 Å². The molecule has 0 fully saturated rings. The molecule has 1 amide bonds. The summed E-state index contributed by atoms with van der Waals surface area (Å²) in [5, 5.41) is 2.78. The molecule has 0 heterocycles. The number of rotatable bonds is 8. The van der Waals surface area contributed by atoms with Gasteiger partial charge in [0.25, 0.3) is 5.91 Å². The smallest absolute Gasteiger partial charge is 0.262 e. The molecular formula is C18H20ClFN2O4S. The monoisotopic (exact) mass is 414 g/mol. The summed E-state index contributed by atoms with van der Waals surface area (Å²) >= 11 is 5.95. The zero-order valence-corrected chi connectivity index (χ0v) is 16.5. The van der Waals surface area contributed by atoms with E-state index in [1.54, 1.807) is 13.8 Å². The lowest BCUT2D eigenvalue weighted by molar-refractivity contribution is -0.118. The van der Waals surface area contributed by atoms with Crippen LogP contribution in [0.25, 0.3) is 0 Å². The SMILES string of the molecule is CCN(CC)S(=O)(=O)c1cc(Cl)ccc1OCC(=O)Nc1ccc(F)cc1. The van der Waals surface area contributed by atoms with Gasteiger partial charge in [0.1, 0.15) is 16.5 Å². The van der Waals surface area contributed by atoms with E-state index in [9.17, 15) is 17.6 Å². The Morgan fingerprint density at radius 2 is 1.78 bits per heavy atom. The van der Waals surface area contributed by atoms with E-state index in [2.05, 4.69) is 5.32 Å². The quantitative estimate of drug-likeness (QED) is 0.717. The zero-order chi connectivity index (χ0) is 20.0. The standard InChI is InChI=1S/C18H20ClFN2O4S/c1-3-22(4-2)27(24,25)17-11-13(19)5-10-16(17)26-12-18(23)21-15-8-6-14(20)7-9-15/h5-11H,3-4,12H2,1-2H3,(H,21,23). The number of nitrogens with one attached hydrogen (secondary N) is 1. The van der Waals surface area contributed by atoms with Crippen molar-refractivity contribution in [2.24, 2.45) is 0 Å². The van der Waals surface area contributed by atoms with Crippen LogP contribution in [0.2, 0.25) is 5.02 Å². The summed E-state index contributed by atoms with van der Waals surface area (Å²) < 4.78 is 45.2. The van der Waals surface area contributed by atoms with Crippen LogP contribution >= 0.6 is 11.6 Å². The number of hydrogen-bond donors (Lipinski definition) is 1. The van der Waals surface area contributed by atoms with Gasteiger partial charge >= 0.3 is 0 Å². The fourth-order valence-corrected chi connectivity index (χ4v) is 4.23. The number of nitrogens with zero attached hydrogens (tertiary/aromatic N) is 1. The molecule has 0 unspecified atom stereocenters. The molecular weight excluding hydrogens is 395 g/mol. The number of benzene rings is 2. The molecule has 27 heavy (non-hydrogen) atoms. The van der Waals surface area contributed by atoms with E-state index in [1.807, 2.05) is 0 Å². The molecule has 0 saturated heterocycles. The molecule has 0 aliphatic rings. The van der Waals surface area contributed by atoms with E-state index in [0.29, 0.717) is 5.69 Å². The Balaban J connectivity index is 2.17. The Hall–Kier alpha value is -2.16. The number of hydrogen-bond acceptors (Lipinski definition) is 4. The number of sulfonamides is 1. The molecule has 2 aromatic carbocycles. The third kappa shape index (κ3) is 5.41. The van der Waals surface area contributed by atoms with Crippen LogP contribution in [0.4, 0.5) is 10.1 Å². The van der Waals surface area contributed by atoms with Gasteiger partial charge in [0, 0.05) is 23.8 Å². The number of amides is 1. The fourth-order valence-electron chi connectivity index (χ4n) is 2.38. The normalized spacial score (nSPS) is 11.4. The van der Waals surface area contributed by atoms with Crippen molar-refractivity contribution in [2.45, 2.75) is 18.7 Å². The van der Waals surface area contributed by atoms with Gasteiger partial charge in [0.15, 0.2) is 6.61 Å². The van der Waals surface area contributed by atoms with Gasteiger partial charge in [-0.3, -0.25) is 4.79 Å². The van der Waals surface area contributed by atoms with Crippen LogP contribution in [0.15, 0.2) is 47.4 Å². The predicted molar refractivity (Wildman–Crippen MR) is 102 cm³/mol. The van der Waals surface area contributed by atoms with Crippen LogP contribution in [0, 0.1) is 5.82 Å². The minimum Gasteiger partial charge on any atom is -0.482 e. The van der Waals surface area contributed by atoms with Crippen LogP contribution < -0.4 is 10.1 Å². The highest BCUT2D eigenvalue weighted by Crippen LogP contribution is 2.29. The van der Waals surface area contributed by atoms with E-state index in [0.717, 1.165) is 0 Å². The van der Waals surface area contributed by atoms with Crippen molar-refractivity contribution >= 4 is 33.2 Å². The summed E-state index contributed by atoms with van der Waals surface area (Å²) in [7, 11) is -3.82. The van der Waals surface area contributed by atoms with Gasteiger partial charge in [-0.2, -0.15) is 4.31 Å². The summed E-state index contributed by atoms with van der Waals surface area (Å²) in [6.45, 7) is 3.61. The van der Waals surface area contributed by atoms with Crippen molar-refractivity contribution in [1.82, 2.24) is 4.31 Å². The number of halogens is 2. The lowest BCUT2D eigenvalue weighted by atomic mass is 10.3. The second-order valence-corrected chi connectivity index (χ2v) is 7.87. The minimum absolute atomic E-state index is 0.0283. The number of carbonyl (C=O) groups is 1. The van der Waals surface area contributed by atoms with Gasteiger partial charge < -0.3 is 10.1 Å². The molecule has 2 rings (SSSR count). The summed E-state index contributed by atoms with van der Waals surface area (Å²) in [6, 6.07) is 9.43. The molecule has 0 aromatic heterocycles. The highest BCUT2D eigenvalue weighted by molar-refractivity contribution is 7.89. The molecule has 0 radical (unpaired) electrons. The number of ether oxygens (including phenoxy) is 1. The van der Waals surface area contributed by atoms with Gasteiger partial charge in [-0.15, -0.1) is 0 Å². The third-order valence-corrected chi connectivity index (χ3v) is 6.02. The lowest BCUT2D eigenvalue weighted by Crippen LogP contribution is -2.31. The van der Waals surface area contributed by atoms with E-state index < -0.39 is 28.4 Å². The molecule has 0 saturated carbocycles. The Labute approximate surface area is 162 Å². The van der Waals surface area contributed by atoms with Crippen LogP contribution in [0.1, 0.15) is 13.8 Å². The maximum absolute atomic E-state index is 12.9. The van der Waals surface area contributed by atoms with Crippen LogP contribution in [-0.4, -0.2) is 38.3 Å². The van der Waals surface area contributed by atoms with E-state index in [4.69, 9.17) is 16.3 Å². The molecule has 0 atom stereocenters. The van der Waals surface area contributed by atoms with E-state index in [1.165, 1.54) is 46.8 Å². The molecule has 146 valence electrons. The molecule has 0 bridgehead atoms. The maximum atomic E-state index is 12.9. The van der Waals surface area contributed by atoms with Crippen molar-refractivity contribution in [3.63, 3.8) is 0 Å². The molecule has 0 aliphatic heterocycles. The third-order valence-electron chi connectivity index (χ3n) is 3.72. The van der Waals surface area contributed by atoms with Gasteiger partial charge in [0.05, 0.1) is 0 Å². The minimum atomic E-state index is -3.82. The van der Waals surface area contributed by atoms with E-state index in [-0.39, 0.29) is 28.8 Å². The van der Waals surface area contributed by atoms with Crippen LogP contribution in [0.3, 0.4) is 0 Å². The van der Waals surface area contributed by atoms with Gasteiger partial charge in [-0.05, 0) is 42.5 Å². The van der Waals surface area contributed by atoms with E-state index >= 15 is 0 Å². The Morgan fingerprint density at radius 3 is 2.37 bits per heavy atom. The van der Waals surface area contributed by atoms with Gasteiger partial charge in [0.2, 0.25) is 10.0 Å². The largest absolute Gasteiger partial charge is 0.482 e. The summed E-state index contributed by atoms with van der Waals surface area (Å²) in [6.07, 6.45) is 0. The lowest BCUT2D eigenvalue weighted by Gasteiger charge is -2.20. The molecule has 9 heteroatoms. The second kappa shape index (κ2) is 9.16. The van der Waals surface area contributed by atoms with Crippen molar-refractivity contribution in [1.29, 1.82) is 0 Å². The van der Waals surface area contributed by atoms with Crippen molar-refractivity contribution in [3.05, 3.63) is 53.3 Å². The van der Waals surface area contributed by atoms with Crippen molar-refractivity contribution in [2.75, 3.05) is 25.0 Å². The zero-order valence-electron chi connectivity index (χ0n) is 14.9. The maximum Gasteiger partial charge on any atom is 0.262 e. The van der Waals surface area contributed by atoms with Gasteiger partial charge in [-0.25, -0.2) is 12.8 Å². The van der Waals surface area contributed by atoms with Crippen molar-refractivity contribution < 1.29 is 22.3 Å². The second-order valence-electron chi connectivity index (χ2n) is 5.52. The average Bonchev–Trinajstić information content (AvgIpc) is 2.63. The first-order chi connectivity index (χ1) is 12.8. The van der Waals surface area contributed by atoms with Crippen molar-refractivity contribution in [3.8, 4) is 5.75 Å². The first-order valence-corrected chi connectivity index (χ1v) is 10.1. The molecule has 0 aliphatic carbocycles. The average molecular weight is 415 g/mol.